The minimum absolute atomic E-state index is 0.719. The zero-order valence-electron chi connectivity index (χ0n) is 9.59. The third-order valence-electron chi connectivity index (χ3n) is 2.51. The molecule has 0 aromatic rings. The Kier molecular flexibility index (Phi) is 7.70. The predicted octanol–water partition coefficient (Wildman–Crippen LogP) is 4.06. The van der Waals surface area contributed by atoms with Gasteiger partial charge in [-0.2, -0.15) is 5.26 Å². The molecule has 0 N–H and O–H groups in total. The van der Waals surface area contributed by atoms with Crippen LogP contribution in [0.15, 0.2) is 12.0 Å². The molecule has 0 aliphatic carbocycles. The van der Waals surface area contributed by atoms with Crippen molar-refractivity contribution in [3.05, 3.63) is 12.0 Å². The Hall–Kier alpha value is -0.420. The van der Waals surface area contributed by atoms with Gasteiger partial charge in [0.15, 0.2) is 0 Å². The van der Waals surface area contributed by atoms with E-state index in [9.17, 15) is 0 Å². The first-order chi connectivity index (χ1) is 6.74. The second-order valence-corrected chi connectivity index (χ2v) is 7.36. The van der Waals surface area contributed by atoms with Crippen LogP contribution in [0.5, 0.6) is 0 Å². The van der Waals surface area contributed by atoms with E-state index in [4.69, 9.17) is 5.26 Å². The molecular weight excluding hydrogens is 190 g/mol. The Morgan fingerprint density at radius 2 is 1.71 bits per heavy atom. The summed E-state index contributed by atoms with van der Waals surface area (Å²) in [6.07, 6.45) is 4.93. The van der Waals surface area contributed by atoms with E-state index in [1.54, 1.807) is 0 Å². The van der Waals surface area contributed by atoms with Gasteiger partial charge < -0.3 is 0 Å². The first kappa shape index (κ1) is 13.6. The van der Waals surface area contributed by atoms with Gasteiger partial charge in [-0.05, 0) is 24.3 Å². The summed E-state index contributed by atoms with van der Waals surface area (Å²) in [5, 5.41) is 11.0. The molecule has 0 bridgehead atoms. The molecule has 0 fully saturated rings. The van der Waals surface area contributed by atoms with E-state index in [2.05, 4.69) is 31.9 Å². The van der Waals surface area contributed by atoms with E-state index >= 15 is 0 Å². The highest BCUT2D eigenvalue weighted by molar-refractivity contribution is 8.36. The largest absolute Gasteiger partial charge is 0.209 e. The highest BCUT2D eigenvalue weighted by atomic mass is 32.3. The van der Waals surface area contributed by atoms with Gasteiger partial charge in [-0.15, -0.1) is 0 Å². The Morgan fingerprint density at radius 1 is 1.21 bits per heavy atom. The Bertz CT molecular complexity index is 185. The van der Waals surface area contributed by atoms with Gasteiger partial charge >= 0.3 is 0 Å². The standard InChI is InChI=1S/C12H23NS/c1-4-7-10-14(6-3,12-9-13)11-8-5-2/h6H,3-5,7-8,10-12H2,1-2H3. The first-order valence-corrected chi connectivity index (χ1v) is 7.70. The van der Waals surface area contributed by atoms with E-state index in [0.29, 0.717) is 0 Å². The molecule has 0 aromatic carbocycles. The fraction of sp³-hybridized carbons (Fsp3) is 0.750. The van der Waals surface area contributed by atoms with Crippen LogP contribution in [0.1, 0.15) is 39.5 Å². The van der Waals surface area contributed by atoms with Crippen molar-refractivity contribution in [1.82, 2.24) is 0 Å². The van der Waals surface area contributed by atoms with Crippen LogP contribution in [0.2, 0.25) is 0 Å². The number of hydrogen-bond donors (Lipinski definition) is 0. The van der Waals surface area contributed by atoms with Gasteiger partial charge in [0.1, 0.15) is 0 Å². The summed E-state index contributed by atoms with van der Waals surface area (Å²) >= 11 is 0. The number of rotatable bonds is 8. The Morgan fingerprint density at radius 3 is 2.00 bits per heavy atom. The van der Waals surface area contributed by atoms with Crippen LogP contribution < -0.4 is 0 Å². The molecule has 0 radical (unpaired) electrons. The van der Waals surface area contributed by atoms with Gasteiger partial charge in [-0.3, -0.25) is 0 Å². The summed E-state index contributed by atoms with van der Waals surface area (Å²) in [6, 6.07) is 2.34. The highest BCUT2D eigenvalue weighted by Crippen LogP contribution is 2.50. The van der Waals surface area contributed by atoms with Crippen LogP contribution in [0.3, 0.4) is 0 Å². The van der Waals surface area contributed by atoms with Gasteiger partial charge in [0, 0.05) is 0 Å². The quantitative estimate of drug-likeness (QED) is 0.596. The molecule has 0 saturated carbocycles. The van der Waals surface area contributed by atoms with E-state index < -0.39 is 10.0 Å². The van der Waals surface area contributed by atoms with Crippen molar-refractivity contribution >= 4 is 10.0 Å². The topological polar surface area (TPSA) is 23.8 Å². The molecule has 0 heterocycles. The lowest BCUT2D eigenvalue weighted by atomic mass is 10.4. The fourth-order valence-corrected chi connectivity index (χ4v) is 4.39. The summed E-state index contributed by atoms with van der Waals surface area (Å²) in [7, 11) is -0.806. The van der Waals surface area contributed by atoms with Crippen LogP contribution in [0.4, 0.5) is 0 Å². The molecule has 0 spiro atoms. The first-order valence-electron chi connectivity index (χ1n) is 5.50. The van der Waals surface area contributed by atoms with Crippen molar-refractivity contribution in [2.75, 3.05) is 17.3 Å². The Labute approximate surface area is 90.5 Å². The normalized spacial score (nSPS) is 12.1. The lowest BCUT2D eigenvalue weighted by Gasteiger charge is -2.34. The monoisotopic (exact) mass is 213 g/mol. The van der Waals surface area contributed by atoms with E-state index in [0.717, 1.165) is 5.75 Å². The molecule has 0 saturated heterocycles. The summed E-state index contributed by atoms with van der Waals surface area (Å²) in [6.45, 7) is 8.36. The molecule has 0 aromatic heterocycles. The molecule has 0 aliphatic rings. The van der Waals surface area contributed by atoms with Crippen molar-refractivity contribution in [3.8, 4) is 6.07 Å². The molecule has 2 heteroatoms. The van der Waals surface area contributed by atoms with Gasteiger partial charge in [0.2, 0.25) is 0 Å². The summed E-state index contributed by atoms with van der Waals surface area (Å²) in [4.78, 5) is 0. The van der Waals surface area contributed by atoms with Crippen LogP contribution in [0.25, 0.3) is 0 Å². The summed E-state index contributed by atoms with van der Waals surface area (Å²) in [5.74, 6) is 3.14. The van der Waals surface area contributed by atoms with Crippen LogP contribution in [-0.4, -0.2) is 17.3 Å². The third-order valence-corrected chi connectivity index (χ3v) is 6.13. The van der Waals surface area contributed by atoms with E-state index in [-0.39, 0.29) is 0 Å². The second kappa shape index (κ2) is 7.94. The van der Waals surface area contributed by atoms with E-state index in [1.807, 2.05) is 0 Å². The number of unbranched alkanes of at least 4 members (excludes halogenated alkanes) is 2. The van der Waals surface area contributed by atoms with E-state index in [1.165, 1.54) is 37.2 Å². The SMILES string of the molecule is C=CS(CC#N)(CCCC)CCCC. The maximum absolute atomic E-state index is 8.85. The smallest absolute Gasteiger partial charge is 0.0718 e. The molecular formula is C12H23NS. The zero-order chi connectivity index (χ0) is 10.9. The van der Waals surface area contributed by atoms with Crippen molar-refractivity contribution in [1.29, 1.82) is 5.26 Å². The molecule has 0 rings (SSSR count). The van der Waals surface area contributed by atoms with Crippen LogP contribution in [-0.2, 0) is 0 Å². The lowest BCUT2D eigenvalue weighted by Crippen LogP contribution is -2.10. The van der Waals surface area contributed by atoms with Gasteiger partial charge in [-0.1, -0.05) is 38.7 Å². The second-order valence-electron chi connectivity index (χ2n) is 3.70. The van der Waals surface area contributed by atoms with Crippen molar-refractivity contribution in [2.45, 2.75) is 39.5 Å². The highest BCUT2D eigenvalue weighted by Gasteiger charge is 2.18. The lowest BCUT2D eigenvalue weighted by molar-refractivity contribution is 0.870. The zero-order valence-corrected chi connectivity index (χ0v) is 10.4. The average Bonchev–Trinajstić information content (AvgIpc) is 2.22. The van der Waals surface area contributed by atoms with Gasteiger partial charge in [0.25, 0.3) is 0 Å². The molecule has 0 aliphatic heterocycles. The third kappa shape index (κ3) is 4.72. The molecule has 1 nitrogen and oxygen atoms in total. The number of hydrogen-bond acceptors (Lipinski definition) is 1. The molecule has 0 unspecified atom stereocenters. The molecule has 0 amide bonds. The Balaban J connectivity index is 4.27. The van der Waals surface area contributed by atoms with Crippen molar-refractivity contribution in [2.24, 2.45) is 0 Å². The maximum Gasteiger partial charge on any atom is 0.0718 e. The van der Waals surface area contributed by atoms with Crippen molar-refractivity contribution in [3.63, 3.8) is 0 Å². The van der Waals surface area contributed by atoms with Crippen LogP contribution >= 0.6 is 10.0 Å². The summed E-state index contributed by atoms with van der Waals surface area (Å²) < 4.78 is 0. The van der Waals surface area contributed by atoms with Crippen LogP contribution in [0, 0.1) is 11.3 Å². The molecule has 0 atom stereocenters. The number of nitrogens with zero attached hydrogens (tertiary/aromatic N) is 1. The fourth-order valence-electron chi connectivity index (χ4n) is 1.46. The predicted molar refractivity (Wildman–Crippen MR) is 67.8 cm³/mol. The average molecular weight is 213 g/mol. The minimum atomic E-state index is -0.806. The molecule has 14 heavy (non-hydrogen) atoms. The summed E-state index contributed by atoms with van der Waals surface area (Å²) in [5.41, 5.74) is 0. The minimum Gasteiger partial charge on any atom is -0.209 e. The van der Waals surface area contributed by atoms with Gasteiger partial charge in [-0.25, -0.2) is 10.0 Å². The number of nitriles is 1. The van der Waals surface area contributed by atoms with Crippen molar-refractivity contribution < 1.29 is 0 Å². The molecule has 82 valence electrons. The maximum atomic E-state index is 8.85. The van der Waals surface area contributed by atoms with Gasteiger partial charge in [0.05, 0.1) is 11.8 Å².